The highest BCUT2D eigenvalue weighted by molar-refractivity contribution is 6.17. The van der Waals surface area contributed by atoms with Crippen LogP contribution in [-0.4, -0.2) is 32.4 Å². The summed E-state index contributed by atoms with van der Waals surface area (Å²) in [6, 6.07) is 130. The van der Waals surface area contributed by atoms with Gasteiger partial charge in [0.1, 0.15) is 6.07 Å². The molecule has 0 aliphatic carbocycles. The maximum absolute atomic E-state index is 12.3. The monoisotopic (exact) mass is 1320 g/mol. The summed E-state index contributed by atoms with van der Waals surface area (Å²) in [7, 11) is 0. The largest absolute Gasteiger partial charge is 0.309 e. The van der Waals surface area contributed by atoms with Crippen molar-refractivity contribution < 1.29 is 0 Å². The average molecular weight is 1320 g/mol. The zero-order valence-corrected chi connectivity index (χ0v) is 56.1. The molecule has 22 rings (SSSR count). The molecule has 0 fully saturated rings. The van der Waals surface area contributed by atoms with Gasteiger partial charge in [0, 0.05) is 104 Å². The molecule has 482 valence electrons. The van der Waals surface area contributed by atoms with Crippen molar-refractivity contribution in [2.45, 2.75) is 0 Å². The van der Waals surface area contributed by atoms with E-state index >= 15 is 0 Å². The van der Waals surface area contributed by atoms with E-state index < -0.39 is 0 Å². The van der Waals surface area contributed by atoms with E-state index in [1.54, 1.807) is 0 Å². The summed E-state index contributed by atoms with van der Waals surface area (Å²) in [5.41, 5.74) is 24.8. The molecule has 0 saturated heterocycles. The number of benzene rings is 15. The van der Waals surface area contributed by atoms with Gasteiger partial charge < -0.3 is 27.4 Å². The third-order valence-electron chi connectivity index (χ3n) is 21.8. The molecule has 0 atom stereocenters. The maximum atomic E-state index is 12.3. The lowest BCUT2D eigenvalue weighted by atomic mass is 9.96. The maximum Gasteiger partial charge on any atom is 0.101 e. The first kappa shape index (κ1) is 57.6. The first-order chi connectivity index (χ1) is 51.6. The molecule has 15 aromatic carbocycles. The summed E-state index contributed by atoms with van der Waals surface area (Å²) in [4.78, 5) is 5.50. The molecule has 0 unspecified atom stereocenters. The lowest BCUT2D eigenvalue weighted by Gasteiger charge is -2.20. The minimum absolute atomic E-state index is 0.514. The van der Waals surface area contributed by atoms with Crippen LogP contribution in [0.5, 0.6) is 0 Å². The molecule has 7 heterocycles. The van der Waals surface area contributed by atoms with Crippen LogP contribution in [-0.2, 0) is 0 Å². The topological polar surface area (TPSA) is 66.3 Å². The van der Waals surface area contributed by atoms with Crippen LogP contribution in [0.25, 0.3) is 199 Å². The summed E-state index contributed by atoms with van der Waals surface area (Å²) in [5, 5.41) is 26.2. The Balaban J connectivity index is 0.855. The van der Waals surface area contributed by atoms with Crippen LogP contribution in [0.15, 0.2) is 352 Å². The minimum atomic E-state index is 0.514. The summed E-state index contributed by atoms with van der Waals surface area (Å²) < 4.78 is 14.4. The van der Waals surface area contributed by atoms with Gasteiger partial charge in [0.05, 0.1) is 94.5 Å². The Morgan fingerprint density at radius 1 is 0.202 bits per heavy atom. The van der Waals surface area contributed by atoms with E-state index in [2.05, 4.69) is 385 Å². The zero-order chi connectivity index (χ0) is 68.3. The summed E-state index contributed by atoms with van der Waals surface area (Å²) in [5.74, 6) is 0. The van der Waals surface area contributed by atoms with E-state index in [1.165, 1.54) is 43.1 Å². The van der Waals surface area contributed by atoms with Crippen LogP contribution < -0.4 is 0 Å². The second-order valence-electron chi connectivity index (χ2n) is 27.3. The molecule has 0 N–H and O–H groups in total. The van der Waals surface area contributed by atoms with Gasteiger partial charge in [-0.3, -0.25) is 0 Å². The fourth-order valence-electron chi connectivity index (χ4n) is 17.3. The molecule has 104 heavy (non-hydrogen) atoms. The lowest BCUT2D eigenvalue weighted by molar-refractivity contribution is 1.13. The van der Waals surface area contributed by atoms with E-state index in [9.17, 15) is 5.26 Å². The Kier molecular flexibility index (Phi) is 12.4. The van der Waals surface area contributed by atoms with Crippen molar-refractivity contribution in [3.63, 3.8) is 0 Å². The SMILES string of the molecule is N#Cc1cc(-n2c3ccc(-n4c5ccccc5c5ccccc54)cc3c3cc(-n4c5ccccc5c5ccccc54)ccc32)c(-c2cc(-c3ccccc3)nc(-c3ccccc3)c2)cc1-n1c2ccc(-n3c4ccccc4c4ccccc43)cc2c2cc(-n3c4ccccc4c4ccccc43)ccc21. The molecule has 0 saturated carbocycles. The van der Waals surface area contributed by atoms with Crippen molar-refractivity contribution in [2.24, 2.45) is 0 Å². The van der Waals surface area contributed by atoms with Gasteiger partial charge in [-0.15, -0.1) is 0 Å². The number of hydrogen-bond donors (Lipinski definition) is 0. The van der Waals surface area contributed by atoms with E-state index in [-0.39, 0.29) is 0 Å². The predicted molar refractivity (Wildman–Crippen MR) is 431 cm³/mol. The molecule has 0 bridgehead atoms. The Hall–Kier alpha value is -14.3. The fourth-order valence-corrected chi connectivity index (χ4v) is 17.3. The van der Waals surface area contributed by atoms with Gasteiger partial charge in [0.15, 0.2) is 0 Å². The van der Waals surface area contributed by atoms with Gasteiger partial charge in [0.2, 0.25) is 0 Å². The van der Waals surface area contributed by atoms with Crippen LogP contribution in [0.3, 0.4) is 0 Å². The van der Waals surface area contributed by atoms with Gasteiger partial charge in [-0.25, -0.2) is 4.98 Å². The van der Waals surface area contributed by atoms with Crippen molar-refractivity contribution >= 4 is 131 Å². The van der Waals surface area contributed by atoms with Crippen molar-refractivity contribution in [3.05, 3.63) is 357 Å². The van der Waals surface area contributed by atoms with E-state index in [4.69, 9.17) is 4.98 Å². The quantitative estimate of drug-likeness (QED) is 0.145. The number of pyridine rings is 1. The van der Waals surface area contributed by atoms with Crippen LogP contribution in [0.2, 0.25) is 0 Å². The minimum Gasteiger partial charge on any atom is -0.309 e. The number of hydrogen-bond acceptors (Lipinski definition) is 2. The number of aromatic nitrogens is 7. The van der Waals surface area contributed by atoms with E-state index in [0.717, 1.165) is 156 Å². The highest BCUT2D eigenvalue weighted by atomic mass is 15.0. The molecular weight excluding hydrogens is 1270 g/mol. The normalized spacial score (nSPS) is 12.0. The predicted octanol–water partition coefficient (Wildman–Crippen LogP) is 24.5. The van der Waals surface area contributed by atoms with Gasteiger partial charge >= 0.3 is 0 Å². The van der Waals surface area contributed by atoms with Crippen LogP contribution in [0.1, 0.15) is 5.56 Å². The third-order valence-corrected chi connectivity index (χ3v) is 21.8. The van der Waals surface area contributed by atoms with Gasteiger partial charge in [0.25, 0.3) is 0 Å². The van der Waals surface area contributed by atoms with Gasteiger partial charge in [-0.2, -0.15) is 5.26 Å². The molecule has 0 amide bonds. The zero-order valence-electron chi connectivity index (χ0n) is 56.1. The van der Waals surface area contributed by atoms with Crippen LogP contribution in [0.4, 0.5) is 0 Å². The molecule has 8 heteroatoms. The number of para-hydroxylation sites is 8. The van der Waals surface area contributed by atoms with Crippen molar-refractivity contribution in [1.29, 1.82) is 5.26 Å². The smallest absolute Gasteiger partial charge is 0.101 e. The van der Waals surface area contributed by atoms with Crippen molar-refractivity contribution in [3.8, 4) is 73.8 Å². The van der Waals surface area contributed by atoms with Gasteiger partial charge in [-0.1, -0.05) is 206 Å². The number of nitriles is 1. The standard InChI is InChI=1S/C96H58N8/c97-59-63-53-96(104-93-49-45-66(101-87-39-19-11-31-72(87)73-32-12-20-40-88(73)101)56-79(93)80-57-67(46-50-94(80)104)102-89-41-21-13-33-74(89)75-34-14-22-42-90(75)102)76(62-51-81(60-23-3-1-4-24-60)98-82(52-62)61-25-5-2-6-26-61)58-95(63)103-91-47-43-64(99-83-35-15-7-27-68(83)69-28-8-16-36-84(69)99)54-77(91)78-55-65(44-48-92(78)103)100-85-37-17-9-29-70(85)71-30-10-18-38-86(71)100/h1-58H. The highest BCUT2D eigenvalue weighted by Gasteiger charge is 2.27. The van der Waals surface area contributed by atoms with E-state index in [1.807, 2.05) is 0 Å². The first-order valence-corrected chi connectivity index (χ1v) is 35.4. The Morgan fingerprint density at radius 3 is 0.731 bits per heavy atom. The average Bonchev–Trinajstić information content (AvgIpc) is 1.58. The summed E-state index contributed by atoms with van der Waals surface area (Å²) in [6.07, 6.45) is 0. The highest BCUT2D eigenvalue weighted by Crippen LogP contribution is 2.47. The second-order valence-corrected chi connectivity index (χ2v) is 27.3. The Morgan fingerprint density at radius 2 is 0.452 bits per heavy atom. The number of nitrogens with zero attached hydrogens (tertiary/aromatic N) is 8. The molecule has 0 aliphatic heterocycles. The van der Waals surface area contributed by atoms with E-state index in [0.29, 0.717) is 5.56 Å². The Labute approximate surface area is 596 Å². The molecule has 22 aromatic rings. The Bertz CT molecular complexity index is 6820. The number of rotatable bonds is 9. The summed E-state index contributed by atoms with van der Waals surface area (Å²) >= 11 is 0. The molecule has 7 aromatic heterocycles. The molecule has 8 nitrogen and oxygen atoms in total. The molecule has 0 aliphatic rings. The molecule has 0 radical (unpaired) electrons. The fraction of sp³-hybridized carbons (Fsp3) is 0. The van der Waals surface area contributed by atoms with Crippen molar-refractivity contribution in [1.82, 2.24) is 32.4 Å². The number of fused-ring (bicyclic) bond motifs is 18. The van der Waals surface area contributed by atoms with Crippen LogP contribution in [0, 0.1) is 11.3 Å². The second kappa shape index (κ2) is 22.4. The molecule has 0 spiro atoms. The molecular formula is C96H58N8. The first-order valence-electron chi connectivity index (χ1n) is 35.4. The third kappa shape index (κ3) is 8.44. The van der Waals surface area contributed by atoms with Crippen LogP contribution >= 0.6 is 0 Å². The van der Waals surface area contributed by atoms with Gasteiger partial charge in [-0.05, 0) is 151 Å². The van der Waals surface area contributed by atoms with Crippen molar-refractivity contribution in [2.75, 3.05) is 0 Å². The lowest BCUT2D eigenvalue weighted by Crippen LogP contribution is -2.05. The summed E-state index contributed by atoms with van der Waals surface area (Å²) in [6.45, 7) is 0.